The number of halogens is 2. The molecule has 0 radical (unpaired) electrons. The number of piperidine rings is 1. The largest absolute Gasteiger partial charge is 0.494 e. The number of likely N-dealkylation sites (tertiary alicyclic amines) is 1. The molecule has 220 valence electrons. The molecule has 2 aliphatic heterocycles. The van der Waals surface area contributed by atoms with Crippen molar-refractivity contribution in [2.75, 3.05) is 68.7 Å². The Labute approximate surface area is 253 Å². The third-order valence-corrected chi connectivity index (χ3v) is 10.6. The number of benzene rings is 2. The first-order valence-corrected chi connectivity index (χ1v) is 17.5. The molecule has 0 unspecified atom stereocenters. The molecule has 3 aromatic rings. The zero-order valence-corrected chi connectivity index (χ0v) is 26.8. The summed E-state index contributed by atoms with van der Waals surface area (Å²) in [6.45, 7) is 13.5. The average Bonchev–Trinajstić information content (AvgIpc) is 2.92. The van der Waals surface area contributed by atoms with E-state index in [-0.39, 0.29) is 0 Å². The highest BCUT2D eigenvalue weighted by Gasteiger charge is 2.45. The molecule has 3 heterocycles. The van der Waals surface area contributed by atoms with Crippen LogP contribution >= 0.6 is 30.3 Å². The molecule has 8 nitrogen and oxygen atoms in total. The summed E-state index contributed by atoms with van der Waals surface area (Å²) in [5.41, 5.74) is 4.29. The van der Waals surface area contributed by atoms with Gasteiger partial charge in [0.25, 0.3) is 0 Å². The molecule has 2 saturated heterocycles. The van der Waals surface area contributed by atoms with Crippen molar-refractivity contribution in [3.63, 3.8) is 0 Å². The van der Waals surface area contributed by atoms with Crippen molar-refractivity contribution in [2.24, 2.45) is 5.41 Å². The van der Waals surface area contributed by atoms with Gasteiger partial charge in [0.05, 0.1) is 35.0 Å². The summed E-state index contributed by atoms with van der Waals surface area (Å²) in [5, 5.41) is 7.86. The first kappa shape index (κ1) is 30.0. The molecule has 0 aliphatic carbocycles. The normalized spacial score (nSPS) is 16.9. The molecule has 0 saturated carbocycles. The maximum atomic E-state index is 13.0. The molecular formula is C30H39Cl2N6O2P. The number of hydrogen-bond donors (Lipinski definition) is 2. The second-order valence-corrected chi connectivity index (χ2v) is 15.4. The summed E-state index contributed by atoms with van der Waals surface area (Å²) in [6.07, 6.45) is 4.96. The Hall–Kier alpha value is -2.51. The Bertz CT molecular complexity index is 1460. The van der Waals surface area contributed by atoms with Gasteiger partial charge < -0.3 is 29.7 Å². The van der Waals surface area contributed by atoms with E-state index >= 15 is 0 Å². The van der Waals surface area contributed by atoms with Crippen molar-refractivity contribution in [3.8, 4) is 5.75 Å². The van der Waals surface area contributed by atoms with Crippen molar-refractivity contribution in [1.82, 2.24) is 14.9 Å². The fourth-order valence-corrected chi connectivity index (χ4v) is 8.20. The predicted octanol–water partition coefficient (Wildman–Crippen LogP) is 7.01. The minimum absolute atomic E-state index is 0.330. The highest BCUT2D eigenvalue weighted by Crippen LogP contribution is 2.46. The second kappa shape index (κ2) is 12.0. The van der Waals surface area contributed by atoms with Crippen LogP contribution < -0.4 is 25.6 Å². The first-order chi connectivity index (χ1) is 19.6. The molecule has 0 atom stereocenters. The van der Waals surface area contributed by atoms with Gasteiger partial charge in [-0.1, -0.05) is 43.1 Å². The smallest absolute Gasteiger partial charge is 0.229 e. The molecule has 1 aromatic heterocycles. The zero-order valence-electron chi connectivity index (χ0n) is 24.4. The second-order valence-electron chi connectivity index (χ2n) is 11.5. The minimum Gasteiger partial charge on any atom is -0.494 e. The summed E-state index contributed by atoms with van der Waals surface area (Å²) >= 11 is 12.9. The van der Waals surface area contributed by atoms with E-state index in [9.17, 15) is 4.57 Å². The number of aryl methyl sites for hydroxylation is 1. The van der Waals surface area contributed by atoms with Crippen LogP contribution in [0.5, 0.6) is 5.75 Å². The van der Waals surface area contributed by atoms with Crippen molar-refractivity contribution in [3.05, 3.63) is 52.1 Å². The van der Waals surface area contributed by atoms with Crippen LogP contribution in [0, 0.1) is 5.41 Å². The van der Waals surface area contributed by atoms with Gasteiger partial charge in [0.15, 0.2) is 5.82 Å². The maximum Gasteiger partial charge on any atom is 0.229 e. The number of hydrogen-bond acceptors (Lipinski definition) is 8. The van der Waals surface area contributed by atoms with Crippen molar-refractivity contribution < 1.29 is 9.30 Å². The number of nitrogens with zero attached hydrogens (tertiary/aromatic N) is 4. The average molecular weight is 618 g/mol. The van der Waals surface area contributed by atoms with Crippen LogP contribution in [0.4, 0.5) is 28.8 Å². The molecule has 2 fully saturated rings. The molecule has 41 heavy (non-hydrogen) atoms. The summed E-state index contributed by atoms with van der Waals surface area (Å²) < 4.78 is 18.8. The van der Waals surface area contributed by atoms with Crippen LogP contribution in [0.3, 0.4) is 0 Å². The van der Waals surface area contributed by atoms with Gasteiger partial charge in [-0.25, -0.2) is 4.98 Å². The number of anilines is 5. The summed E-state index contributed by atoms with van der Waals surface area (Å²) in [4.78, 5) is 14.1. The number of methoxy groups -OCH3 is 1. The molecule has 0 bridgehead atoms. The molecule has 1 spiro atoms. The van der Waals surface area contributed by atoms with E-state index in [2.05, 4.69) is 56.4 Å². The van der Waals surface area contributed by atoms with Crippen LogP contribution in [0.15, 0.2) is 36.5 Å². The van der Waals surface area contributed by atoms with Crippen LogP contribution in [-0.2, 0) is 11.0 Å². The van der Waals surface area contributed by atoms with E-state index in [1.54, 1.807) is 32.6 Å². The van der Waals surface area contributed by atoms with Crippen LogP contribution in [0.1, 0.15) is 32.3 Å². The zero-order chi connectivity index (χ0) is 29.4. The molecular weight excluding hydrogens is 578 g/mol. The summed E-state index contributed by atoms with van der Waals surface area (Å²) in [6, 6.07) is 9.60. The van der Waals surface area contributed by atoms with Crippen LogP contribution in [0.2, 0.25) is 10.0 Å². The van der Waals surface area contributed by atoms with Crippen molar-refractivity contribution >= 4 is 64.5 Å². The Morgan fingerprint density at radius 2 is 1.78 bits per heavy atom. The van der Waals surface area contributed by atoms with Gasteiger partial charge in [-0.3, -0.25) is 0 Å². The van der Waals surface area contributed by atoms with Gasteiger partial charge in [0.2, 0.25) is 5.95 Å². The number of aromatic nitrogens is 2. The maximum absolute atomic E-state index is 13.0. The summed E-state index contributed by atoms with van der Waals surface area (Å²) in [7, 11) is -0.999. The molecule has 2 N–H and O–H groups in total. The Morgan fingerprint density at radius 1 is 1.05 bits per heavy atom. The lowest BCUT2D eigenvalue weighted by Gasteiger charge is -2.55. The van der Waals surface area contributed by atoms with Gasteiger partial charge in [-0.15, -0.1) is 0 Å². The van der Waals surface area contributed by atoms with Gasteiger partial charge >= 0.3 is 0 Å². The fourth-order valence-electron chi connectivity index (χ4n) is 5.98. The van der Waals surface area contributed by atoms with Gasteiger partial charge in [0, 0.05) is 30.3 Å². The van der Waals surface area contributed by atoms with Gasteiger partial charge in [0.1, 0.15) is 17.9 Å². The first-order valence-electron chi connectivity index (χ1n) is 14.1. The van der Waals surface area contributed by atoms with Gasteiger partial charge in [-0.2, -0.15) is 4.98 Å². The van der Waals surface area contributed by atoms with Crippen molar-refractivity contribution in [1.29, 1.82) is 0 Å². The lowest BCUT2D eigenvalue weighted by atomic mass is 9.71. The highest BCUT2D eigenvalue weighted by atomic mass is 35.5. The van der Waals surface area contributed by atoms with E-state index in [1.165, 1.54) is 43.4 Å². The molecule has 2 aromatic carbocycles. The minimum atomic E-state index is -2.68. The Balaban J connectivity index is 1.37. The molecule has 11 heteroatoms. The Morgan fingerprint density at radius 3 is 2.41 bits per heavy atom. The highest BCUT2D eigenvalue weighted by molar-refractivity contribution is 7.70. The third kappa shape index (κ3) is 6.31. The predicted molar refractivity (Wildman–Crippen MR) is 173 cm³/mol. The number of nitrogens with one attached hydrogen (secondary N) is 2. The number of ether oxygens (including phenoxy) is 1. The lowest BCUT2D eigenvalue weighted by Crippen LogP contribution is -2.60. The quantitative estimate of drug-likeness (QED) is 0.248. The Kier molecular flexibility index (Phi) is 8.77. The van der Waals surface area contributed by atoms with E-state index < -0.39 is 7.14 Å². The third-order valence-electron chi connectivity index (χ3n) is 8.31. The fraction of sp³-hybridized carbons (Fsp3) is 0.467. The van der Waals surface area contributed by atoms with Crippen LogP contribution in [-0.4, -0.2) is 68.0 Å². The monoisotopic (exact) mass is 616 g/mol. The van der Waals surface area contributed by atoms with Crippen molar-refractivity contribution in [2.45, 2.75) is 33.1 Å². The standard InChI is InChI=1S/C30H39Cl2N6O2P/c1-6-20-15-24(26(40-3)16-25(20)38-18-30(19-38)11-13-37(7-2)14-12-30)35-29-33-17-22(32)28(36-29)34-23-10-8-9-21(31)27(23)41(4,5)39/h8-10,15-17H,6-7,11-14,18-19H2,1-5H3,(H2,33,34,35,36). The SMILES string of the molecule is CCc1cc(Nc2ncc(Cl)c(Nc3cccc(Cl)c3P(C)(C)=O)n2)c(OC)cc1N1CC2(CCN(CC)CC2)C1. The molecule has 0 amide bonds. The summed E-state index contributed by atoms with van der Waals surface area (Å²) in [5.74, 6) is 1.46. The van der Waals surface area contributed by atoms with E-state index in [1.807, 2.05) is 6.07 Å². The van der Waals surface area contributed by atoms with Gasteiger partial charge in [-0.05, 0) is 76.0 Å². The van der Waals surface area contributed by atoms with E-state index in [0.717, 1.165) is 37.5 Å². The lowest BCUT2D eigenvalue weighted by molar-refractivity contribution is 0.0794. The molecule has 2 aliphatic rings. The topological polar surface area (TPSA) is 82.6 Å². The van der Waals surface area contributed by atoms with Crippen LogP contribution in [0.25, 0.3) is 0 Å². The van der Waals surface area contributed by atoms with E-state index in [0.29, 0.717) is 38.2 Å². The van der Waals surface area contributed by atoms with E-state index in [4.69, 9.17) is 27.9 Å². The molecule has 5 rings (SSSR count). The number of rotatable bonds is 9.